The van der Waals surface area contributed by atoms with Crippen LogP contribution in [0.2, 0.25) is 0 Å². The summed E-state index contributed by atoms with van der Waals surface area (Å²) in [5, 5.41) is 2.95. The number of nitrogens with one attached hydrogen (secondary N) is 1. The molecule has 2 heterocycles. The highest BCUT2D eigenvalue weighted by Crippen LogP contribution is 2.20. The summed E-state index contributed by atoms with van der Waals surface area (Å²) in [7, 11) is 0. The quantitative estimate of drug-likeness (QED) is 0.944. The second-order valence-corrected chi connectivity index (χ2v) is 6.30. The average Bonchev–Trinajstić information content (AvgIpc) is 2.60. The van der Waals surface area contributed by atoms with Gasteiger partial charge >= 0.3 is 6.03 Å². The Bertz CT molecular complexity index is 674. The van der Waals surface area contributed by atoms with Gasteiger partial charge in [0.25, 0.3) is 0 Å². The molecule has 126 valence electrons. The summed E-state index contributed by atoms with van der Waals surface area (Å²) in [5.74, 6) is 0. The first-order chi connectivity index (χ1) is 11.6. The van der Waals surface area contributed by atoms with Gasteiger partial charge in [0, 0.05) is 38.1 Å². The van der Waals surface area contributed by atoms with Crippen molar-refractivity contribution < 1.29 is 4.79 Å². The molecule has 2 amide bonds. The third-order valence-electron chi connectivity index (χ3n) is 4.29. The molecule has 1 aromatic carbocycles. The fraction of sp³-hybridized carbons (Fsp3) is 0.368. The van der Waals surface area contributed by atoms with Gasteiger partial charge in [-0.15, -0.1) is 0 Å². The van der Waals surface area contributed by atoms with Gasteiger partial charge in [0.2, 0.25) is 0 Å². The number of pyridine rings is 1. The monoisotopic (exact) mass is 324 g/mol. The normalized spacial score (nSPS) is 14.6. The lowest BCUT2D eigenvalue weighted by Crippen LogP contribution is -2.51. The summed E-state index contributed by atoms with van der Waals surface area (Å²) in [6.07, 6.45) is 1.74. The highest BCUT2D eigenvalue weighted by molar-refractivity contribution is 5.74. The highest BCUT2D eigenvalue weighted by atomic mass is 16.2. The zero-order valence-electron chi connectivity index (χ0n) is 14.3. The topological polar surface area (TPSA) is 48.5 Å². The lowest BCUT2D eigenvalue weighted by Gasteiger charge is -2.36. The molecule has 0 unspecified atom stereocenters. The molecule has 3 rings (SSSR count). The largest absolute Gasteiger partial charge is 0.368 e. The molecular weight excluding hydrogens is 300 g/mol. The summed E-state index contributed by atoms with van der Waals surface area (Å²) in [6, 6.07) is 12.3. The van der Waals surface area contributed by atoms with Crippen molar-refractivity contribution in [2.24, 2.45) is 0 Å². The fourth-order valence-corrected chi connectivity index (χ4v) is 3.08. The SMILES string of the molecule is Cc1cc(C)cc(N2CCN(C(=O)NCc3ccccn3)CC2)c1. The van der Waals surface area contributed by atoms with Gasteiger partial charge in [-0.25, -0.2) is 4.79 Å². The van der Waals surface area contributed by atoms with Gasteiger partial charge < -0.3 is 15.1 Å². The van der Waals surface area contributed by atoms with Crippen molar-refractivity contribution in [2.45, 2.75) is 20.4 Å². The summed E-state index contributed by atoms with van der Waals surface area (Å²) >= 11 is 0. The van der Waals surface area contributed by atoms with E-state index in [0.717, 1.165) is 31.9 Å². The second kappa shape index (κ2) is 7.34. The molecule has 1 saturated heterocycles. The number of aryl methyl sites for hydroxylation is 2. The van der Waals surface area contributed by atoms with Crippen molar-refractivity contribution in [3.8, 4) is 0 Å². The maximum atomic E-state index is 12.3. The number of hydrogen-bond donors (Lipinski definition) is 1. The lowest BCUT2D eigenvalue weighted by molar-refractivity contribution is 0.194. The van der Waals surface area contributed by atoms with Crippen LogP contribution in [0.15, 0.2) is 42.6 Å². The Hall–Kier alpha value is -2.56. The third-order valence-corrected chi connectivity index (χ3v) is 4.29. The molecule has 1 fully saturated rings. The molecule has 24 heavy (non-hydrogen) atoms. The Morgan fingerprint density at radius 1 is 1.08 bits per heavy atom. The molecule has 2 aromatic rings. The Balaban J connectivity index is 1.52. The molecule has 1 aromatic heterocycles. The highest BCUT2D eigenvalue weighted by Gasteiger charge is 2.21. The average molecular weight is 324 g/mol. The van der Waals surface area contributed by atoms with E-state index in [4.69, 9.17) is 0 Å². The van der Waals surface area contributed by atoms with E-state index >= 15 is 0 Å². The van der Waals surface area contributed by atoms with E-state index in [0.29, 0.717) is 6.54 Å². The van der Waals surface area contributed by atoms with E-state index in [1.165, 1.54) is 16.8 Å². The Morgan fingerprint density at radius 3 is 2.42 bits per heavy atom. The number of benzene rings is 1. The molecular formula is C19H24N4O. The minimum absolute atomic E-state index is 0.0132. The van der Waals surface area contributed by atoms with Crippen molar-refractivity contribution >= 4 is 11.7 Å². The van der Waals surface area contributed by atoms with Crippen LogP contribution in [0.1, 0.15) is 16.8 Å². The Kier molecular flexibility index (Phi) is 4.99. The van der Waals surface area contributed by atoms with Gasteiger partial charge in [-0.2, -0.15) is 0 Å². The van der Waals surface area contributed by atoms with Crippen molar-refractivity contribution in [1.82, 2.24) is 15.2 Å². The van der Waals surface area contributed by atoms with Crippen molar-refractivity contribution in [3.63, 3.8) is 0 Å². The Morgan fingerprint density at radius 2 is 1.79 bits per heavy atom. The van der Waals surface area contributed by atoms with Gasteiger partial charge in [0.1, 0.15) is 0 Å². The molecule has 0 aliphatic carbocycles. The van der Waals surface area contributed by atoms with Crippen LogP contribution in [-0.4, -0.2) is 42.1 Å². The minimum Gasteiger partial charge on any atom is -0.368 e. The van der Waals surface area contributed by atoms with Crippen LogP contribution < -0.4 is 10.2 Å². The van der Waals surface area contributed by atoms with E-state index in [9.17, 15) is 4.79 Å². The minimum atomic E-state index is -0.0132. The van der Waals surface area contributed by atoms with E-state index in [1.54, 1.807) is 6.20 Å². The molecule has 0 atom stereocenters. The van der Waals surface area contributed by atoms with Crippen molar-refractivity contribution in [2.75, 3.05) is 31.1 Å². The fourth-order valence-electron chi connectivity index (χ4n) is 3.08. The number of nitrogens with zero attached hydrogens (tertiary/aromatic N) is 3. The first-order valence-electron chi connectivity index (χ1n) is 8.38. The number of amides is 2. The molecule has 1 N–H and O–H groups in total. The molecule has 0 bridgehead atoms. The number of carbonyl (C=O) groups is 1. The number of anilines is 1. The van der Waals surface area contributed by atoms with E-state index in [-0.39, 0.29) is 6.03 Å². The van der Waals surface area contributed by atoms with Crippen molar-refractivity contribution in [3.05, 3.63) is 59.4 Å². The predicted octanol–water partition coefficient (Wildman–Crippen LogP) is 2.73. The van der Waals surface area contributed by atoms with Gasteiger partial charge in [-0.3, -0.25) is 4.98 Å². The molecule has 5 heteroatoms. The first-order valence-corrected chi connectivity index (χ1v) is 8.38. The van der Waals surface area contributed by atoms with Gasteiger partial charge in [0.05, 0.1) is 12.2 Å². The van der Waals surface area contributed by atoms with Crippen LogP contribution in [-0.2, 0) is 6.54 Å². The molecule has 5 nitrogen and oxygen atoms in total. The number of carbonyl (C=O) groups excluding carboxylic acids is 1. The third kappa shape index (κ3) is 4.04. The van der Waals surface area contributed by atoms with Crippen LogP contribution in [0.5, 0.6) is 0 Å². The second-order valence-electron chi connectivity index (χ2n) is 6.30. The zero-order chi connectivity index (χ0) is 16.9. The first kappa shape index (κ1) is 16.3. The predicted molar refractivity (Wildman–Crippen MR) is 96.2 cm³/mol. The summed E-state index contributed by atoms with van der Waals surface area (Å²) in [4.78, 5) is 20.7. The zero-order valence-corrected chi connectivity index (χ0v) is 14.3. The molecule has 0 spiro atoms. The standard InChI is InChI=1S/C19H24N4O/c1-15-11-16(2)13-18(12-15)22-7-9-23(10-8-22)19(24)21-14-17-5-3-4-6-20-17/h3-6,11-13H,7-10,14H2,1-2H3,(H,21,24). The van der Waals surface area contributed by atoms with Crippen LogP contribution in [0.3, 0.4) is 0 Å². The lowest BCUT2D eigenvalue weighted by atomic mass is 10.1. The van der Waals surface area contributed by atoms with E-state index in [1.807, 2.05) is 23.1 Å². The van der Waals surface area contributed by atoms with Gasteiger partial charge in [-0.05, 0) is 49.2 Å². The van der Waals surface area contributed by atoms with Crippen LogP contribution in [0.25, 0.3) is 0 Å². The Labute approximate surface area is 143 Å². The molecule has 1 aliphatic heterocycles. The number of hydrogen-bond acceptors (Lipinski definition) is 3. The summed E-state index contributed by atoms with van der Waals surface area (Å²) in [5.41, 5.74) is 4.68. The van der Waals surface area contributed by atoms with Crippen LogP contribution in [0.4, 0.5) is 10.5 Å². The number of piperazine rings is 1. The van der Waals surface area contributed by atoms with E-state index < -0.39 is 0 Å². The van der Waals surface area contributed by atoms with Crippen molar-refractivity contribution in [1.29, 1.82) is 0 Å². The number of aromatic nitrogens is 1. The molecule has 1 aliphatic rings. The maximum absolute atomic E-state index is 12.3. The smallest absolute Gasteiger partial charge is 0.317 e. The number of urea groups is 1. The van der Waals surface area contributed by atoms with Gasteiger partial charge in [-0.1, -0.05) is 12.1 Å². The maximum Gasteiger partial charge on any atom is 0.317 e. The van der Waals surface area contributed by atoms with Crippen LogP contribution in [0, 0.1) is 13.8 Å². The van der Waals surface area contributed by atoms with Crippen LogP contribution >= 0.6 is 0 Å². The van der Waals surface area contributed by atoms with Gasteiger partial charge in [0.15, 0.2) is 0 Å². The van der Waals surface area contributed by atoms with E-state index in [2.05, 4.69) is 47.2 Å². The molecule has 0 saturated carbocycles. The number of rotatable bonds is 3. The summed E-state index contributed by atoms with van der Waals surface area (Å²) in [6.45, 7) is 7.91. The molecule has 0 radical (unpaired) electrons. The summed E-state index contributed by atoms with van der Waals surface area (Å²) < 4.78 is 0.